The van der Waals surface area contributed by atoms with Gasteiger partial charge in [0, 0.05) is 36.8 Å². The number of carbonyl (C=O) groups is 2. The zero-order valence-electron chi connectivity index (χ0n) is 16.3. The maximum atomic E-state index is 13.2. The highest BCUT2D eigenvalue weighted by atomic mass is 19.1. The first-order chi connectivity index (χ1) is 14.6. The van der Waals surface area contributed by atoms with Crippen molar-refractivity contribution in [2.24, 2.45) is 5.92 Å². The Hall–Kier alpha value is -3.55. The molecule has 4 rings (SSSR count). The smallest absolute Gasteiger partial charge is 0.225 e. The largest absolute Gasteiger partial charge is 0.352 e. The molecule has 0 unspecified atom stereocenters. The second-order valence-corrected chi connectivity index (χ2v) is 7.33. The topological polar surface area (TPSA) is 91.0 Å². The van der Waals surface area contributed by atoms with Crippen LogP contribution in [0, 0.1) is 11.7 Å². The van der Waals surface area contributed by atoms with Gasteiger partial charge in [-0.25, -0.2) is 4.39 Å². The molecule has 30 heavy (non-hydrogen) atoms. The highest BCUT2D eigenvalue weighted by Gasteiger charge is 2.30. The number of aromatic amines is 1. The van der Waals surface area contributed by atoms with Gasteiger partial charge in [0.05, 0.1) is 30.0 Å². The molecule has 1 fully saturated rings. The van der Waals surface area contributed by atoms with Gasteiger partial charge in [0.2, 0.25) is 11.8 Å². The van der Waals surface area contributed by atoms with Gasteiger partial charge in [0.15, 0.2) is 0 Å². The number of likely N-dealkylation sites (tertiary alicyclic amines) is 1. The van der Waals surface area contributed by atoms with Crippen LogP contribution >= 0.6 is 0 Å². The van der Waals surface area contributed by atoms with Crippen molar-refractivity contribution >= 4 is 11.8 Å². The monoisotopic (exact) mass is 407 g/mol. The summed E-state index contributed by atoms with van der Waals surface area (Å²) in [7, 11) is 0. The molecule has 0 bridgehead atoms. The third kappa shape index (κ3) is 4.53. The average molecular weight is 407 g/mol. The molecule has 154 valence electrons. The number of piperidine rings is 1. The standard InChI is InChI=1S/C22H22FN5O2/c23-18-7-4-15(5-8-18)21-17(12-26-27-21)11-25-22(30)16-6-9-20(29)28(13-16)14-19-3-1-2-10-24-19/h1-5,7-8,10,12,16H,6,9,11,13-14H2,(H,25,30)(H,26,27)/t16-/m1/s1. The van der Waals surface area contributed by atoms with Gasteiger partial charge in [-0.2, -0.15) is 5.10 Å². The van der Waals surface area contributed by atoms with Crippen molar-refractivity contribution in [3.8, 4) is 11.3 Å². The lowest BCUT2D eigenvalue weighted by Gasteiger charge is -2.31. The lowest BCUT2D eigenvalue weighted by molar-refractivity contribution is -0.139. The Bertz CT molecular complexity index is 1020. The third-order valence-electron chi connectivity index (χ3n) is 5.25. The SMILES string of the molecule is O=C(NCc1cn[nH]c1-c1ccc(F)cc1)[C@@H]1CCC(=O)N(Cc2ccccn2)C1. The van der Waals surface area contributed by atoms with Crippen LogP contribution in [-0.2, 0) is 22.7 Å². The van der Waals surface area contributed by atoms with E-state index in [1.807, 2.05) is 18.2 Å². The first-order valence-electron chi connectivity index (χ1n) is 9.84. The Morgan fingerprint density at radius 3 is 2.83 bits per heavy atom. The van der Waals surface area contributed by atoms with Gasteiger partial charge in [-0.1, -0.05) is 6.07 Å². The second-order valence-electron chi connectivity index (χ2n) is 7.33. The van der Waals surface area contributed by atoms with Gasteiger partial charge in [-0.05, 0) is 42.8 Å². The molecule has 2 aromatic heterocycles. The Balaban J connectivity index is 1.37. The van der Waals surface area contributed by atoms with Crippen LogP contribution in [0.3, 0.4) is 0 Å². The Kier molecular flexibility index (Phi) is 5.83. The number of nitrogens with zero attached hydrogens (tertiary/aromatic N) is 3. The van der Waals surface area contributed by atoms with Crippen molar-refractivity contribution in [1.82, 2.24) is 25.4 Å². The van der Waals surface area contributed by atoms with Gasteiger partial charge >= 0.3 is 0 Å². The fourth-order valence-corrected chi connectivity index (χ4v) is 3.61. The number of nitrogens with one attached hydrogen (secondary N) is 2. The lowest BCUT2D eigenvalue weighted by atomic mass is 9.96. The fourth-order valence-electron chi connectivity index (χ4n) is 3.61. The summed E-state index contributed by atoms with van der Waals surface area (Å²) in [6.07, 6.45) is 4.21. The Morgan fingerprint density at radius 2 is 2.07 bits per heavy atom. The zero-order valence-corrected chi connectivity index (χ0v) is 16.3. The van der Waals surface area contributed by atoms with Crippen molar-refractivity contribution in [1.29, 1.82) is 0 Å². The number of hydrogen-bond donors (Lipinski definition) is 2. The summed E-state index contributed by atoms with van der Waals surface area (Å²) in [6.45, 7) is 1.07. The van der Waals surface area contributed by atoms with E-state index in [0.29, 0.717) is 32.5 Å². The van der Waals surface area contributed by atoms with E-state index >= 15 is 0 Å². The van der Waals surface area contributed by atoms with Crippen LogP contribution in [0.15, 0.2) is 54.9 Å². The molecule has 2 N–H and O–H groups in total. The van der Waals surface area contributed by atoms with E-state index in [4.69, 9.17) is 0 Å². The first kappa shape index (κ1) is 19.8. The minimum Gasteiger partial charge on any atom is -0.352 e. The molecule has 7 nitrogen and oxygen atoms in total. The molecule has 8 heteroatoms. The number of hydrogen-bond acceptors (Lipinski definition) is 4. The Morgan fingerprint density at radius 1 is 1.23 bits per heavy atom. The number of benzene rings is 1. The fraction of sp³-hybridized carbons (Fsp3) is 0.273. The van der Waals surface area contributed by atoms with Crippen LogP contribution < -0.4 is 5.32 Å². The van der Waals surface area contributed by atoms with Gasteiger partial charge in [0.25, 0.3) is 0 Å². The molecule has 3 heterocycles. The predicted molar refractivity (Wildman–Crippen MR) is 108 cm³/mol. The molecular weight excluding hydrogens is 385 g/mol. The van der Waals surface area contributed by atoms with Crippen molar-refractivity contribution in [2.45, 2.75) is 25.9 Å². The normalized spacial score (nSPS) is 16.5. The van der Waals surface area contributed by atoms with Gasteiger partial charge in [-0.3, -0.25) is 19.7 Å². The van der Waals surface area contributed by atoms with Crippen LogP contribution in [0.25, 0.3) is 11.3 Å². The lowest BCUT2D eigenvalue weighted by Crippen LogP contribution is -2.45. The molecule has 0 saturated carbocycles. The van der Waals surface area contributed by atoms with Crippen LogP contribution in [0.4, 0.5) is 4.39 Å². The molecule has 0 aliphatic carbocycles. The van der Waals surface area contributed by atoms with Crippen molar-refractivity contribution < 1.29 is 14.0 Å². The van der Waals surface area contributed by atoms with E-state index in [-0.39, 0.29) is 23.5 Å². The van der Waals surface area contributed by atoms with E-state index in [1.54, 1.807) is 29.4 Å². The van der Waals surface area contributed by atoms with E-state index in [1.165, 1.54) is 12.1 Å². The number of H-pyrrole nitrogens is 1. The third-order valence-corrected chi connectivity index (χ3v) is 5.25. The summed E-state index contributed by atoms with van der Waals surface area (Å²) < 4.78 is 13.2. The summed E-state index contributed by atoms with van der Waals surface area (Å²) in [6, 6.07) is 11.7. The van der Waals surface area contributed by atoms with Gasteiger partial charge < -0.3 is 10.2 Å². The van der Waals surface area contributed by atoms with E-state index in [9.17, 15) is 14.0 Å². The minimum absolute atomic E-state index is 0.0399. The number of pyridine rings is 1. The molecule has 0 spiro atoms. The Labute approximate surface area is 173 Å². The molecule has 1 aromatic carbocycles. The van der Waals surface area contributed by atoms with E-state index in [0.717, 1.165) is 22.5 Å². The summed E-state index contributed by atoms with van der Waals surface area (Å²) >= 11 is 0. The quantitative estimate of drug-likeness (QED) is 0.657. The molecule has 3 aromatic rings. The van der Waals surface area contributed by atoms with Crippen LogP contribution in [0.2, 0.25) is 0 Å². The van der Waals surface area contributed by atoms with Crippen LogP contribution in [0.1, 0.15) is 24.1 Å². The first-order valence-corrected chi connectivity index (χ1v) is 9.84. The van der Waals surface area contributed by atoms with Crippen molar-refractivity contribution in [2.75, 3.05) is 6.54 Å². The van der Waals surface area contributed by atoms with E-state index < -0.39 is 0 Å². The molecule has 1 atom stereocenters. The highest BCUT2D eigenvalue weighted by molar-refractivity contribution is 5.84. The maximum absolute atomic E-state index is 13.2. The highest BCUT2D eigenvalue weighted by Crippen LogP contribution is 2.23. The predicted octanol–water partition coefficient (Wildman–Crippen LogP) is 2.67. The summed E-state index contributed by atoms with van der Waals surface area (Å²) in [5, 5.41) is 9.90. The molecule has 1 aliphatic rings. The van der Waals surface area contributed by atoms with Crippen molar-refractivity contribution in [3.63, 3.8) is 0 Å². The molecular formula is C22H22FN5O2. The summed E-state index contributed by atoms with van der Waals surface area (Å²) in [5.41, 5.74) is 3.15. The zero-order chi connectivity index (χ0) is 20.9. The van der Waals surface area contributed by atoms with Gasteiger partial charge in [-0.15, -0.1) is 0 Å². The van der Waals surface area contributed by atoms with Crippen molar-refractivity contribution in [3.05, 3.63) is 71.9 Å². The van der Waals surface area contributed by atoms with Crippen LogP contribution in [0.5, 0.6) is 0 Å². The number of rotatable bonds is 6. The average Bonchev–Trinajstić information content (AvgIpc) is 3.23. The molecule has 0 radical (unpaired) electrons. The van der Waals surface area contributed by atoms with Gasteiger partial charge in [0.1, 0.15) is 5.82 Å². The number of halogens is 1. The molecule has 1 aliphatic heterocycles. The number of amides is 2. The second kappa shape index (κ2) is 8.86. The summed E-state index contributed by atoms with van der Waals surface area (Å²) in [4.78, 5) is 31.0. The number of aromatic nitrogens is 3. The van der Waals surface area contributed by atoms with Crippen LogP contribution in [-0.4, -0.2) is 38.4 Å². The maximum Gasteiger partial charge on any atom is 0.225 e. The molecule has 2 amide bonds. The van der Waals surface area contributed by atoms with E-state index in [2.05, 4.69) is 20.5 Å². The minimum atomic E-state index is -0.310. The number of carbonyl (C=O) groups excluding carboxylic acids is 2. The molecule has 1 saturated heterocycles. The summed E-state index contributed by atoms with van der Waals surface area (Å²) in [5.74, 6) is -0.638.